The van der Waals surface area contributed by atoms with Crippen molar-refractivity contribution >= 4 is 23.1 Å². The number of hydrogen-bond acceptors (Lipinski definition) is 8. The third-order valence-corrected chi connectivity index (χ3v) is 6.13. The largest absolute Gasteiger partial charge is 0.478 e. The van der Waals surface area contributed by atoms with Crippen LogP contribution < -0.4 is 26.8 Å². The Morgan fingerprint density at radius 3 is 2.49 bits per heavy atom. The minimum absolute atomic E-state index is 0.0173. The first-order valence-electron chi connectivity index (χ1n) is 11.8. The third-order valence-electron chi connectivity index (χ3n) is 6.13. The molecule has 0 aliphatic heterocycles. The number of carbonyl (C=O) groups excluding carboxylic acids is 2. The van der Waals surface area contributed by atoms with Crippen molar-refractivity contribution in [2.24, 2.45) is 5.73 Å². The van der Waals surface area contributed by atoms with Gasteiger partial charge in [0.1, 0.15) is 11.8 Å². The summed E-state index contributed by atoms with van der Waals surface area (Å²) < 4.78 is 7.13. The molecule has 3 aromatic heterocycles. The van der Waals surface area contributed by atoms with E-state index in [1.54, 1.807) is 36.7 Å². The van der Waals surface area contributed by atoms with E-state index >= 15 is 0 Å². The highest BCUT2D eigenvalue weighted by atomic mass is 16.5. The van der Waals surface area contributed by atoms with Gasteiger partial charge in [-0.15, -0.1) is 0 Å². The molecule has 186 valence electrons. The van der Waals surface area contributed by atoms with Crippen LogP contribution in [0.4, 0.5) is 5.82 Å². The van der Waals surface area contributed by atoms with E-state index in [2.05, 4.69) is 25.7 Å². The lowest BCUT2D eigenvalue weighted by Crippen LogP contribution is -2.53. The van der Waals surface area contributed by atoms with E-state index in [0.29, 0.717) is 29.3 Å². The molecule has 1 aliphatic rings. The molecule has 0 unspecified atom stereocenters. The van der Waals surface area contributed by atoms with Gasteiger partial charge in [0, 0.05) is 29.9 Å². The van der Waals surface area contributed by atoms with Crippen molar-refractivity contribution in [2.45, 2.75) is 64.1 Å². The Morgan fingerprint density at radius 1 is 1.14 bits per heavy atom. The topological polar surface area (TPSA) is 163 Å². The van der Waals surface area contributed by atoms with Crippen LogP contribution in [0.1, 0.15) is 56.8 Å². The quantitative estimate of drug-likeness (QED) is 0.397. The summed E-state index contributed by atoms with van der Waals surface area (Å²) in [6.45, 7) is 5.75. The Labute approximate surface area is 203 Å². The molecule has 0 aromatic carbocycles. The zero-order valence-electron chi connectivity index (χ0n) is 20.2. The minimum atomic E-state index is -0.917. The maximum atomic E-state index is 13.3. The van der Waals surface area contributed by atoms with Gasteiger partial charge < -0.3 is 26.8 Å². The molecule has 3 heterocycles. The van der Waals surface area contributed by atoms with E-state index in [1.807, 2.05) is 13.0 Å². The summed E-state index contributed by atoms with van der Waals surface area (Å²) in [6.07, 6.45) is 6.01. The number of hydrogen-bond donors (Lipinski definition) is 4. The molecular weight excluding hydrogens is 448 g/mol. The lowest BCUT2D eigenvalue weighted by molar-refractivity contribution is -0.126. The van der Waals surface area contributed by atoms with E-state index in [1.165, 1.54) is 6.33 Å². The molecule has 0 radical (unpaired) electrons. The summed E-state index contributed by atoms with van der Waals surface area (Å²) in [5.74, 6) is 0.281. The zero-order chi connectivity index (χ0) is 25.2. The molecule has 1 aliphatic carbocycles. The Kier molecular flexibility index (Phi) is 6.88. The fourth-order valence-electron chi connectivity index (χ4n) is 4.26. The van der Waals surface area contributed by atoms with Gasteiger partial charge in [0.05, 0.1) is 23.4 Å². The van der Waals surface area contributed by atoms with Crippen LogP contribution >= 0.6 is 0 Å². The molecule has 11 nitrogen and oxygen atoms in total. The minimum Gasteiger partial charge on any atom is -0.478 e. The number of nitrogens with two attached hydrogens (primary N) is 2. The molecule has 0 spiro atoms. The first kappa shape index (κ1) is 24.4. The number of nitrogen functional groups attached to an aromatic ring is 1. The van der Waals surface area contributed by atoms with Crippen molar-refractivity contribution in [1.82, 2.24) is 30.2 Å². The Balaban J connectivity index is 1.52. The fourth-order valence-corrected chi connectivity index (χ4v) is 4.26. The van der Waals surface area contributed by atoms with Crippen LogP contribution in [0.25, 0.3) is 16.8 Å². The number of rotatable bonds is 7. The summed E-state index contributed by atoms with van der Waals surface area (Å²) in [5, 5.41) is 10.5. The number of pyridine rings is 1. The lowest BCUT2D eigenvalue weighted by atomic mass is 9.90. The number of carbonyl (C=O) groups is 2. The molecule has 3 aromatic rings. The number of anilines is 1. The van der Waals surface area contributed by atoms with Crippen LogP contribution in [0, 0.1) is 0 Å². The first-order chi connectivity index (χ1) is 16.7. The van der Waals surface area contributed by atoms with Gasteiger partial charge in [0.25, 0.3) is 5.91 Å². The molecule has 1 fully saturated rings. The highest BCUT2D eigenvalue weighted by Gasteiger charge is 2.29. The van der Waals surface area contributed by atoms with Crippen molar-refractivity contribution < 1.29 is 14.3 Å². The molecular formula is C24H32N8O3. The molecule has 6 N–H and O–H groups in total. The first-order valence-corrected chi connectivity index (χ1v) is 11.8. The maximum absolute atomic E-state index is 13.3. The van der Waals surface area contributed by atoms with Crippen LogP contribution in [0.15, 0.2) is 30.7 Å². The van der Waals surface area contributed by atoms with Gasteiger partial charge in [-0.3, -0.25) is 9.59 Å². The van der Waals surface area contributed by atoms with Gasteiger partial charge >= 0.3 is 0 Å². The molecule has 0 bridgehead atoms. The number of nitrogens with one attached hydrogen (secondary N) is 2. The van der Waals surface area contributed by atoms with E-state index in [9.17, 15) is 9.59 Å². The molecule has 35 heavy (non-hydrogen) atoms. The molecule has 4 rings (SSSR count). The number of aromatic nitrogens is 4. The molecule has 0 saturated heterocycles. The van der Waals surface area contributed by atoms with Gasteiger partial charge in [0.2, 0.25) is 11.8 Å². The van der Waals surface area contributed by atoms with Crippen molar-refractivity contribution in [3.8, 4) is 17.1 Å². The highest BCUT2D eigenvalue weighted by molar-refractivity contribution is 6.05. The second kappa shape index (κ2) is 9.87. The summed E-state index contributed by atoms with van der Waals surface area (Å²) in [7, 11) is 0. The molecule has 2 amide bonds. The van der Waals surface area contributed by atoms with E-state index < -0.39 is 5.54 Å². The second-order valence-corrected chi connectivity index (χ2v) is 9.38. The Hall–Kier alpha value is -3.73. The van der Waals surface area contributed by atoms with Crippen LogP contribution in [0.5, 0.6) is 5.88 Å². The van der Waals surface area contributed by atoms with Crippen LogP contribution in [0.2, 0.25) is 0 Å². The van der Waals surface area contributed by atoms with E-state index in [-0.39, 0.29) is 29.7 Å². The Morgan fingerprint density at radius 2 is 1.83 bits per heavy atom. The van der Waals surface area contributed by atoms with Gasteiger partial charge in [-0.05, 0) is 58.6 Å². The predicted molar refractivity (Wildman–Crippen MR) is 132 cm³/mol. The van der Waals surface area contributed by atoms with Gasteiger partial charge in [-0.2, -0.15) is 5.10 Å². The highest BCUT2D eigenvalue weighted by Crippen LogP contribution is 2.29. The standard InChI is InChI=1S/C24H32N8O3/c1-4-35-19-11-14(9-10-27-19)18-12-17(20-21(25)28-13-29-32(18)20)22(33)30-15-5-7-16(8-6-15)31-23(34)24(2,3)26/h9-13,15-16H,4-8,26H2,1-3H3,(H,30,33)(H,31,34)(H2,25,28,29). The summed E-state index contributed by atoms with van der Waals surface area (Å²) in [5.41, 5.74) is 13.4. The summed E-state index contributed by atoms with van der Waals surface area (Å²) in [6, 6.07) is 5.41. The number of ether oxygens (including phenoxy) is 1. The predicted octanol–water partition coefficient (Wildman–Crippen LogP) is 1.67. The monoisotopic (exact) mass is 480 g/mol. The summed E-state index contributed by atoms with van der Waals surface area (Å²) in [4.78, 5) is 33.8. The van der Waals surface area contributed by atoms with Crippen LogP contribution in [-0.4, -0.2) is 55.6 Å². The van der Waals surface area contributed by atoms with Gasteiger partial charge in [-0.1, -0.05) is 0 Å². The maximum Gasteiger partial charge on any atom is 0.253 e. The fraction of sp³-hybridized carbons (Fsp3) is 0.458. The Bertz CT molecular complexity index is 1230. The van der Waals surface area contributed by atoms with Crippen LogP contribution in [0.3, 0.4) is 0 Å². The van der Waals surface area contributed by atoms with E-state index in [4.69, 9.17) is 16.2 Å². The van der Waals surface area contributed by atoms with Crippen molar-refractivity contribution in [2.75, 3.05) is 12.3 Å². The number of nitrogens with zero attached hydrogens (tertiary/aromatic N) is 4. The number of fused-ring (bicyclic) bond motifs is 1. The summed E-state index contributed by atoms with van der Waals surface area (Å²) >= 11 is 0. The SMILES string of the molecule is CCOc1cc(-c2cc(C(=O)NC3CCC(NC(=O)C(C)(C)N)CC3)c3c(N)ncnn23)ccn1. The van der Waals surface area contributed by atoms with Crippen molar-refractivity contribution in [3.63, 3.8) is 0 Å². The van der Waals surface area contributed by atoms with Gasteiger partial charge in [-0.25, -0.2) is 14.5 Å². The number of amides is 2. The average molecular weight is 481 g/mol. The smallest absolute Gasteiger partial charge is 0.253 e. The molecule has 11 heteroatoms. The lowest BCUT2D eigenvalue weighted by Gasteiger charge is -2.31. The normalized spacial score (nSPS) is 18.3. The van der Waals surface area contributed by atoms with Gasteiger partial charge in [0.15, 0.2) is 5.82 Å². The average Bonchev–Trinajstić information content (AvgIpc) is 3.21. The third kappa shape index (κ3) is 5.35. The van der Waals surface area contributed by atoms with Crippen LogP contribution in [-0.2, 0) is 4.79 Å². The van der Waals surface area contributed by atoms with Crippen molar-refractivity contribution in [3.05, 3.63) is 36.3 Å². The second-order valence-electron chi connectivity index (χ2n) is 9.38. The van der Waals surface area contributed by atoms with E-state index in [0.717, 1.165) is 31.2 Å². The zero-order valence-corrected chi connectivity index (χ0v) is 20.2. The molecule has 1 saturated carbocycles. The van der Waals surface area contributed by atoms with Crippen molar-refractivity contribution in [1.29, 1.82) is 0 Å². The molecule has 0 atom stereocenters.